The molecule has 0 aromatic rings. The fraction of sp³-hybridized carbons (Fsp3) is 0.811. The third kappa shape index (κ3) is 34.1. The Morgan fingerprint density at radius 1 is 0.652 bits per heavy atom. The number of ether oxygens (including phenoxy) is 2. The zero-order valence-electron chi connectivity index (χ0n) is 29.6. The first-order valence-corrected chi connectivity index (χ1v) is 20.0. The van der Waals surface area contributed by atoms with Crippen LogP contribution in [0.15, 0.2) is 36.5 Å². The van der Waals surface area contributed by atoms with Crippen molar-refractivity contribution in [1.29, 1.82) is 0 Å². The van der Waals surface area contributed by atoms with Crippen molar-refractivity contribution in [3.8, 4) is 0 Å². The van der Waals surface area contributed by atoms with Crippen LogP contribution >= 0.6 is 7.82 Å². The van der Waals surface area contributed by atoms with Crippen LogP contribution in [0.5, 0.6) is 0 Å². The third-order valence-corrected chi connectivity index (χ3v) is 8.51. The fourth-order valence-corrected chi connectivity index (χ4v) is 5.54. The number of hydrogen-bond acceptors (Lipinski definition) is 7. The maximum atomic E-state index is 12.5. The van der Waals surface area contributed by atoms with Gasteiger partial charge < -0.3 is 20.1 Å². The van der Waals surface area contributed by atoms with E-state index in [-0.39, 0.29) is 32.3 Å². The summed E-state index contributed by atoms with van der Waals surface area (Å²) in [7, 11) is -4.27. The molecule has 8 nitrogen and oxygen atoms in total. The molecule has 0 spiro atoms. The number of esters is 1. The molecule has 0 amide bonds. The summed E-state index contributed by atoms with van der Waals surface area (Å²) in [6.45, 7) is 4.81. The highest BCUT2D eigenvalue weighted by Gasteiger charge is 2.25. The van der Waals surface area contributed by atoms with Crippen LogP contribution in [0.3, 0.4) is 0 Å². The first-order chi connectivity index (χ1) is 22.4. The molecule has 0 aliphatic rings. The van der Waals surface area contributed by atoms with Gasteiger partial charge in [-0.2, -0.15) is 0 Å². The summed E-state index contributed by atoms with van der Waals surface area (Å²) in [6.07, 6.45) is 37.2. The lowest BCUT2D eigenvalue weighted by atomic mass is 10.1. The van der Waals surface area contributed by atoms with E-state index in [1.54, 1.807) is 0 Å². The number of phosphoric ester groups is 1. The number of hydrogen-bond donors (Lipinski definition) is 2. The molecule has 0 saturated heterocycles. The Kier molecular flexibility index (Phi) is 34.1. The van der Waals surface area contributed by atoms with Crippen LogP contribution in [0, 0.1) is 0 Å². The van der Waals surface area contributed by atoms with Gasteiger partial charge in [0.15, 0.2) is 0 Å². The zero-order valence-corrected chi connectivity index (χ0v) is 30.4. The molecule has 0 heterocycles. The third-order valence-electron chi connectivity index (χ3n) is 7.53. The van der Waals surface area contributed by atoms with Crippen molar-refractivity contribution in [3.05, 3.63) is 36.5 Å². The van der Waals surface area contributed by atoms with Crippen molar-refractivity contribution < 1.29 is 32.8 Å². The van der Waals surface area contributed by atoms with Gasteiger partial charge in [0, 0.05) is 19.6 Å². The average molecular weight is 672 g/mol. The second kappa shape index (κ2) is 35.0. The first kappa shape index (κ1) is 44.7. The van der Waals surface area contributed by atoms with Gasteiger partial charge in [-0.1, -0.05) is 121 Å². The van der Waals surface area contributed by atoms with Gasteiger partial charge in [-0.3, -0.25) is 13.8 Å². The second-order valence-corrected chi connectivity index (χ2v) is 13.5. The Hall–Kier alpha value is -1.28. The van der Waals surface area contributed by atoms with Gasteiger partial charge in [0.2, 0.25) is 0 Å². The minimum absolute atomic E-state index is 0.0963. The monoisotopic (exact) mass is 671 g/mol. The van der Waals surface area contributed by atoms with Crippen LogP contribution in [0.4, 0.5) is 0 Å². The topological polar surface area (TPSA) is 117 Å². The van der Waals surface area contributed by atoms with Crippen LogP contribution in [0.2, 0.25) is 0 Å². The van der Waals surface area contributed by atoms with Crippen LogP contribution < -0.4 is 5.73 Å². The van der Waals surface area contributed by atoms with Crippen molar-refractivity contribution in [3.63, 3.8) is 0 Å². The average Bonchev–Trinajstić information content (AvgIpc) is 3.04. The maximum absolute atomic E-state index is 12.5. The predicted molar refractivity (Wildman–Crippen MR) is 192 cm³/mol. The lowest BCUT2D eigenvalue weighted by Gasteiger charge is -2.20. The number of carbonyl (C=O) groups excluding carboxylic acids is 1. The Bertz CT molecular complexity index is 803. The summed E-state index contributed by atoms with van der Waals surface area (Å²) in [6, 6.07) is 0. The van der Waals surface area contributed by atoms with Gasteiger partial charge >= 0.3 is 13.8 Å². The van der Waals surface area contributed by atoms with Gasteiger partial charge in [0.25, 0.3) is 0 Å². The largest absolute Gasteiger partial charge is 0.472 e. The van der Waals surface area contributed by atoms with Crippen molar-refractivity contribution >= 4 is 13.8 Å². The highest BCUT2D eigenvalue weighted by molar-refractivity contribution is 7.47. The van der Waals surface area contributed by atoms with Crippen molar-refractivity contribution in [2.45, 2.75) is 161 Å². The Labute approximate surface area is 282 Å². The van der Waals surface area contributed by atoms with Crippen LogP contribution in [0.1, 0.15) is 155 Å². The highest BCUT2D eigenvalue weighted by atomic mass is 31.2. The lowest BCUT2D eigenvalue weighted by Crippen LogP contribution is -2.28. The smallest absolute Gasteiger partial charge is 0.457 e. The van der Waals surface area contributed by atoms with E-state index in [4.69, 9.17) is 24.3 Å². The standard InChI is InChI=1S/C37H70NO7P/c1-3-5-7-9-11-13-15-17-18-20-22-24-26-28-30-37(39)45-36(35-44-46(40,41)43-33-31-38)34-42-32-29-27-25-23-21-19-16-14-12-10-8-6-4-2/h9,11-12,14-15,17,36H,3-8,10,13,16,18-35,38H2,1-2H3,(H,40,41)/b11-9-,14-12-,17-15-. The molecule has 9 heteroatoms. The van der Waals surface area contributed by atoms with Crippen molar-refractivity contribution in [1.82, 2.24) is 0 Å². The lowest BCUT2D eigenvalue weighted by molar-refractivity contribution is -0.154. The quantitative estimate of drug-likeness (QED) is 0.0296. The minimum Gasteiger partial charge on any atom is -0.457 e. The molecule has 270 valence electrons. The number of allylic oxidation sites excluding steroid dienone is 6. The van der Waals surface area contributed by atoms with E-state index in [9.17, 15) is 14.3 Å². The molecule has 3 N–H and O–H groups in total. The van der Waals surface area contributed by atoms with E-state index in [0.29, 0.717) is 13.0 Å². The van der Waals surface area contributed by atoms with E-state index < -0.39 is 13.9 Å². The van der Waals surface area contributed by atoms with E-state index in [1.807, 2.05) is 0 Å². The van der Waals surface area contributed by atoms with E-state index in [2.05, 4.69) is 50.3 Å². The maximum Gasteiger partial charge on any atom is 0.472 e. The second-order valence-electron chi connectivity index (χ2n) is 12.1. The van der Waals surface area contributed by atoms with E-state index >= 15 is 0 Å². The molecule has 0 radical (unpaired) electrons. The SMILES string of the molecule is CCCC/C=C\C/C=C\CCCCCCCC(=O)OC(COCCCCCCCC/C=C\CCCCC)COP(=O)(O)OCCN. The summed E-state index contributed by atoms with van der Waals surface area (Å²) in [5, 5.41) is 0. The molecule has 2 unspecified atom stereocenters. The van der Waals surface area contributed by atoms with Crippen LogP contribution in [0.25, 0.3) is 0 Å². The molecule has 2 atom stereocenters. The van der Waals surface area contributed by atoms with E-state index in [0.717, 1.165) is 57.8 Å². The van der Waals surface area contributed by atoms with Gasteiger partial charge in [-0.25, -0.2) is 4.57 Å². The molecule has 0 rings (SSSR count). The van der Waals surface area contributed by atoms with Crippen LogP contribution in [-0.2, 0) is 27.9 Å². The molecular weight excluding hydrogens is 601 g/mol. The van der Waals surface area contributed by atoms with Crippen molar-refractivity contribution in [2.24, 2.45) is 5.73 Å². The fourth-order valence-electron chi connectivity index (χ4n) is 4.77. The molecule has 0 aromatic carbocycles. The number of unbranched alkanes of at least 4 members (excludes halogenated alkanes) is 16. The molecule has 0 aliphatic carbocycles. The summed E-state index contributed by atoms with van der Waals surface area (Å²) in [5.41, 5.74) is 5.34. The molecule has 0 saturated carbocycles. The molecule has 0 aromatic heterocycles. The first-order valence-electron chi connectivity index (χ1n) is 18.5. The molecule has 0 bridgehead atoms. The van der Waals surface area contributed by atoms with Crippen molar-refractivity contribution in [2.75, 3.05) is 33.0 Å². The van der Waals surface area contributed by atoms with Gasteiger partial charge in [0.05, 0.1) is 19.8 Å². The Morgan fingerprint density at radius 3 is 1.78 bits per heavy atom. The highest BCUT2D eigenvalue weighted by Crippen LogP contribution is 2.43. The van der Waals surface area contributed by atoms with Crippen LogP contribution in [-0.4, -0.2) is 49.9 Å². The summed E-state index contributed by atoms with van der Waals surface area (Å²) in [5.74, 6) is -0.349. The number of nitrogens with two attached hydrogens (primary N) is 1. The summed E-state index contributed by atoms with van der Waals surface area (Å²) >= 11 is 0. The van der Waals surface area contributed by atoms with Gasteiger partial charge in [-0.15, -0.1) is 0 Å². The number of rotatable bonds is 35. The zero-order chi connectivity index (χ0) is 33.8. The molecule has 46 heavy (non-hydrogen) atoms. The predicted octanol–water partition coefficient (Wildman–Crippen LogP) is 10.3. The Morgan fingerprint density at radius 2 is 1.17 bits per heavy atom. The molecule has 0 fully saturated rings. The molecular formula is C37H70NO7P. The number of carbonyl (C=O) groups is 1. The normalized spacial score (nSPS) is 14.1. The summed E-state index contributed by atoms with van der Waals surface area (Å²) in [4.78, 5) is 22.3. The van der Waals surface area contributed by atoms with E-state index in [1.165, 1.54) is 77.0 Å². The molecule has 0 aliphatic heterocycles. The minimum atomic E-state index is -4.27. The Balaban J connectivity index is 4.15. The number of phosphoric acid groups is 1. The summed E-state index contributed by atoms with van der Waals surface area (Å²) < 4.78 is 33.2. The van der Waals surface area contributed by atoms with Gasteiger partial charge in [0.1, 0.15) is 6.10 Å². The van der Waals surface area contributed by atoms with Gasteiger partial charge in [-0.05, 0) is 64.2 Å².